The molecular formula is C22H29NO3. The molecule has 2 rings (SSSR count). The fourth-order valence-corrected chi connectivity index (χ4v) is 2.93. The number of likely N-dealkylation sites (tertiary alicyclic amines) is 1. The van der Waals surface area contributed by atoms with Gasteiger partial charge in [0.05, 0.1) is 18.7 Å². The number of methoxy groups -OCH3 is 1. The lowest BCUT2D eigenvalue weighted by Crippen LogP contribution is -2.33. The molecule has 1 fully saturated rings. The molecule has 0 saturated carbocycles. The molecule has 0 amide bonds. The Morgan fingerprint density at radius 1 is 1.31 bits per heavy atom. The molecule has 140 valence electrons. The second-order valence-corrected chi connectivity index (χ2v) is 7.09. The number of benzene rings is 1. The van der Waals surface area contributed by atoms with Crippen LogP contribution in [0.3, 0.4) is 0 Å². The molecule has 26 heavy (non-hydrogen) atoms. The summed E-state index contributed by atoms with van der Waals surface area (Å²) in [7, 11) is 1.38. The van der Waals surface area contributed by atoms with E-state index in [-0.39, 0.29) is 17.8 Å². The zero-order valence-corrected chi connectivity index (χ0v) is 16.2. The van der Waals surface area contributed by atoms with E-state index < -0.39 is 0 Å². The first-order valence-corrected chi connectivity index (χ1v) is 9.21. The quantitative estimate of drug-likeness (QED) is 0.551. The first-order chi connectivity index (χ1) is 12.4. The molecular weight excluding hydrogens is 326 g/mol. The molecule has 1 atom stereocenters. The summed E-state index contributed by atoms with van der Waals surface area (Å²) in [5.41, 5.74) is 3.01. The molecule has 0 aromatic heterocycles. The van der Waals surface area contributed by atoms with E-state index in [0.717, 1.165) is 25.1 Å². The van der Waals surface area contributed by atoms with E-state index in [9.17, 15) is 9.59 Å². The highest BCUT2D eigenvalue weighted by atomic mass is 16.5. The molecule has 1 aliphatic heterocycles. The number of rotatable bonds is 7. The number of carbonyl (C=O) groups is 2. The number of hydrogen-bond acceptors (Lipinski definition) is 4. The monoisotopic (exact) mass is 355 g/mol. The van der Waals surface area contributed by atoms with Crippen LogP contribution in [0.5, 0.6) is 0 Å². The van der Waals surface area contributed by atoms with Crippen LogP contribution in [0.1, 0.15) is 43.1 Å². The average molecular weight is 355 g/mol. The summed E-state index contributed by atoms with van der Waals surface area (Å²) in [6, 6.07) is 7.34. The molecule has 0 bridgehead atoms. The van der Waals surface area contributed by atoms with Crippen LogP contribution in [0.15, 0.2) is 48.1 Å². The maximum Gasteiger partial charge on any atom is 0.337 e. The van der Waals surface area contributed by atoms with Crippen molar-refractivity contribution >= 4 is 11.8 Å². The highest BCUT2D eigenvalue weighted by Gasteiger charge is 2.29. The zero-order chi connectivity index (χ0) is 19.1. The lowest BCUT2D eigenvalue weighted by Gasteiger charge is -2.20. The number of ketones is 1. The van der Waals surface area contributed by atoms with Crippen molar-refractivity contribution in [3.8, 4) is 0 Å². The van der Waals surface area contributed by atoms with Crippen LogP contribution in [0, 0.1) is 5.92 Å². The van der Waals surface area contributed by atoms with Gasteiger partial charge in [-0.3, -0.25) is 9.69 Å². The average Bonchev–Trinajstić information content (AvgIpc) is 2.99. The van der Waals surface area contributed by atoms with Crippen LogP contribution < -0.4 is 0 Å². The molecule has 0 spiro atoms. The largest absolute Gasteiger partial charge is 0.465 e. The van der Waals surface area contributed by atoms with Crippen molar-refractivity contribution in [2.75, 3.05) is 20.2 Å². The summed E-state index contributed by atoms with van der Waals surface area (Å²) in [6.45, 7) is 8.07. The Balaban J connectivity index is 1.95. The highest BCUT2D eigenvalue weighted by Crippen LogP contribution is 2.17. The Morgan fingerprint density at radius 3 is 2.62 bits per heavy atom. The van der Waals surface area contributed by atoms with E-state index >= 15 is 0 Å². The minimum absolute atomic E-state index is 0.124. The Hall–Kier alpha value is -2.20. The van der Waals surface area contributed by atoms with Gasteiger partial charge in [-0.2, -0.15) is 0 Å². The van der Waals surface area contributed by atoms with Crippen molar-refractivity contribution in [2.45, 2.75) is 39.7 Å². The molecule has 1 heterocycles. The molecule has 1 aromatic carbocycles. The SMILES string of the molecule is COC(=O)c1ccc(CCN2CCC(=O)[C@H]2C=CC=C(C)C(C)C)cc1. The number of hydrogen-bond donors (Lipinski definition) is 0. The maximum atomic E-state index is 12.2. The van der Waals surface area contributed by atoms with Gasteiger partial charge in [0, 0.05) is 19.5 Å². The first kappa shape index (κ1) is 20.1. The van der Waals surface area contributed by atoms with Crippen molar-refractivity contribution in [1.82, 2.24) is 4.90 Å². The topological polar surface area (TPSA) is 46.6 Å². The molecule has 0 unspecified atom stereocenters. The van der Waals surface area contributed by atoms with Gasteiger partial charge < -0.3 is 4.74 Å². The second-order valence-electron chi connectivity index (χ2n) is 7.09. The number of ether oxygens (including phenoxy) is 1. The third kappa shape index (κ3) is 5.40. The minimum Gasteiger partial charge on any atom is -0.465 e. The van der Waals surface area contributed by atoms with Gasteiger partial charge in [-0.15, -0.1) is 0 Å². The fourth-order valence-electron chi connectivity index (χ4n) is 2.93. The van der Waals surface area contributed by atoms with Crippen LogP contribution in [0.25, 0.3) is 0 Å². The molecule has 4 nitrogen and oxygen atoms in total. The molecule has 0 radical (unpaired) electrons. The van der Waals surface area contributed by atoms with Gasteiger partial charge in [0.1, 0.15) is 0 Å². The second kappa shape index (κ2) is 9.48. The summed E-state index contributed by atoms with van der Waals surface area (Å²) < 4.78 is 4.72. The summed E-state index contributed by atoms with van der Waals surface area (Å²) in [5.74, 6) is 0.484. The van der Waals surface area contributed by atoms with Gasteiger partial charge in [-0.05, 0) is 37.0 Å². The summed E-state index contributed by atoms with van der Waals surface area (Å²) in [4.78, 5) is 25.9. The highest BCUT2D eigenvalue weighted by molar-refractivity contribution is 5.89. The van der Waals surface area contributed by atoms with Gasteiger partial charge in [0.25, 0.3) is 0 Å². The number of Topliss-reactive ketones (excluding diaryl/α,β-unsaturated/α-hetero) is 1. The van der Waals surface area contributed by atoms with Crippen molar-refractivity contribution < 1.29 is 14.3 Å². The maximum absolute atomic E-state index is 12.2. The summed E-state index contributed by atoms with van der Waals surface area (Å²) in [6.07, 6.45) is 7.59. The van der Waals surface area contributed by atoms with E-state index in [0.29, 0.717) is 17.9 Å². The minimum atomic E-state index is -0.323. The van der Waals surface area contributed by atoms with Gasteiger partial charge in [-0.1, -0.05) is 49.8 Å². The van der Waals surface area contributed by atoms with Crippen molar-refractivity contribution in [3.05, 3.63) is 59.2 Å². The fraction of sp³-hybridized carbons (Fsp3) is 0.455. The lowest BCUT2D eigenvalue weighted by atomic mass is 10.0. The van der Waals surface area contributed by atoms with E-state index in [2.05, 4.69) is 31.7 Å². The number of carbonyl (C=O) groups excluding carboxylic acids is 2. The smallest absolute Gasteiger partial charge is 0.337 e. The Kier molecular flexibility index (Phi) is 7.34. The van der Waals surface area contributed by atoms with Gasteiger partial charge in [-0.25, -0.2) is 4.79 Å². The summed E-state index contributed by atoms with van der Waals surface area (Å²) >= 11 is 0. The van der Waals surface area contributed by atoms with E-state index in [1.54, 1.807) is 12.1 Å². The first-order valence-electron chi connectivity index (χ1n) is 9.21. The molecule has 1 aromatic rings. The standard InChI is InChI=1S/C22H29NO3/c1-16(2)17(3)6-5-7-20-21(24)13-15-23(20)14-12-18-8-10-19(11-9-18)22(25)26-4/h5-11,16,20H,12-15H2,1-4H3/t20-/m1/s1. The summed E-state index contributed by atoms with van der Waals surface area (Å²) in [5, 5.41) is 0. The van der Waals surface area contributed by atoms with Gasteiger partial charge >= 0.3 is 5.97 Å². The van der Waals surface area contributed by atoms with E-state index in [1.165, 1.54) is 12.7 Å². The number of nitrogens with zero attached hydrogens (tertiary/aromatic N) is 1. The van der Waals surface area contributed by atoms with Crippen molar-refractivity contribution in [3.63, 3.8) is 0 Å². The Morgan fingerprint density at radius 2 is 2.00 bits per heavy atom. The lowest BCUT2D eigenvalue weighted by molar-refractivity contribution is -0.118. The van der Waals surface area contributed by atoms with Crippen LogP contribution >= 0.6 is 0 Å². The third-order valence-corrected chi connectivity index (χ3v) is 4.99. The normalized spacial score (nSPS) is 18.9. The van der Waals surface area contributed by atoms with E-state index in [4.69, 9.17) is 4.74 Å². The zero-order valence-electron chi connectivity index (χ0n) is 16.2. The van der Waals surface area contributed by atoms with Gasteiger partial charge in [0.2, 0.25) is 0 Å². The van der Waals surface area contributed by atoms with Crippen LogP contribution in [0.4, 0.5) is 0 Å². The molecule has 1 saturated heterocycles. The Labute approximate surface area is 156 Å². The third-order valence-electron chi connectivity index (χ3n) is 4.99. The number of allylic oxidation sites excluding steroid dienone is 3. The Bertz CT molecular complexity index is 686. The van der Waals surface area contributed by atoms with Crippen LogP contribution in [-0.2, 0) is 16.0 Å². The van der Waals surface area contributed by atoms with Crippen molar-refractivity contribution in [1.29, 1.82) is 0 Å². The predicted molar refractivity (Wildman–Crippen MR) is 104 cm³/mol. The van der Waals surface area contributed by atoms with E-state index in [1.807, 2.05) is 24.3 Å². The molecule has 4 heteroatoms. The van der Waals surface area contributed by atoms with Crippen molar-refractivity contribution in [2.24, 2.45) is 5.92 Å². The molecule has 1 aliphatic rings. The number of esters is 1. The van der Waals surface area contributed by atoms with Crippen LogP contribution in [-0.4, -0.2) is 42.9 Å². The molecule has 0 N–H and O–H groups in total. The molecule has 0 aliphatic carbocycles. The van der Waals surface area contributed by atoms with Gasteiger partial charge in [0.15, 0.2) is 5.78 Å². The predicted octanol–water partition coefficient (Wildman–Crippen LogP) is 3.82. The van der Waals surface area contributed by atoms with Crippen LogP contribution in [0.2, 0.25) is 0 Å².